The van der Waals surface area contributed by atoms with Crippen molar-refractivity contribution in [2.45, 2.75) is 24.5 Å². The van der Waals surface area contributed by atoms with E-state index in [1.165, 1.54) is 12.8 Å². The average Bonchev–Trinajstić information content (AvgIpc) is 3.38. The normalized spacial score (nSPS) is 14.5. The maximum Gasteiger partial charge on any atom is 0.195 e. The van der Waals surface area contributed by atoms with E-state index < -0.39 is 0 Å². The second kappa shape index (κ2) is 9.45. The average molecular weight is 415 g/mol. The van der Waals surface area contributed by atoms with Gasteiger partial charge in [-0.3, -0.25) is 9.47 Å². The van der Waals surface area contributed by atoms with Gasteiger partial charge in [0.2, 0.25) is 0 Å². The van der Waals surface area contributed by atoms with Crippen LogP contribution in [0.1, 0.15) is 18.7 Å². The molecule has 2 heterocycles. The van der Waals surface area contributed by atoms with Crippen LogP contribution < -0.4 is 4.74 Å². The molecule has 28 heavy (non-hydrogen) atoms. The van der Waals surface area contributed by atoms with E-state index in [1.807, 2.05) is 42.5 Å². The van der Waals surface area contributed by atoms with Gasteiger partial charge < -0.3 is 4.74 Å². The first-order chi connectivity index (χ1) is 13.8. The van der Waals surface area contributed by atoms with E-state index in [0.29, 0.717) is 11.6 Å². The van der Waals surface area contributed by atoms with Crippen LogP contribution >= 0.6 is 23.4 Å². The molecule has 1 saturated heterocycles. The van der Waals surface area contributed by atoms with Crippen molar-refractivity contribution in [3.8, 4) is 11.4 Å². The maximum absolute atomic E-state index is 5.91. The molecular formula is C21H23ClN4OS. The van der Waals surface area contributed by atoms with Crippen LogP contribution in [0.25, 0.3) is 5.69 Å². The van der Waals surface area contributed by atoms with Crippen molar-refractivity contribution in [3.05, 3.63) is 65.4 Å². The van der Waals surface area contributed by atoms with Gasteiger partial charge in [-0.05, 0) is 62.3 Å². The Hall–Kier alpha value is -2.02. The molecule has 0 bridgehead atoms. The van der Waals surface area contributed by atoms with E-state index in [-0.39, 0.29) is 0 Å². The van der Waals surface area contributed by atoms with Crippen LogP contribution in [-0.4, -0.2) is 45.1 Å². The Morgan fingerprint density at radius 2 is 1.71 bits per heavy atom. The van der Waals surface area contributed by atoms with Crippen molar-refractivity contribution in [1.82, 2.24) is 19.7 Å². The van der Waals surface area contributed by atoms with E-state index in [0.717, 1.165) is 47.8 Å². The Morgan fingerprint density at radius 1 is 0.964 bits per heavy atom. The zero-order valence-corrected chi connectivity index (χ0v) is 17.2. The highest BCUT2D eigenvalue weighted by Crippen LogP contribution is 2.24. The highest BCUT2D eigenvalue weighted by Gasteiger charge is 2.19. The molecule has 0 unspecified atom stereocenters. The lowest BCUT2D eigenvalue weighted by molar-refractivity contribution is 0.319. The summed E-state index contributed by atoms with van der Waals surface area (Å²) in [4.78, 5) is 2.45. The second-order valence-electron chi connectivity index (χ2n) is 6.70. The number of halogens is 1. The van der Waals surface area contributed by atoms with Crippen LogP contribution in [0.3, 0.4) is 0 Å². The van der Waals surface area contributed by atoms with Gasteiger partial charge in [-0.25, -0.2) is 0 Å². The third-order valence-electron chi connectivity index (χ3n) is 4.68. The fraction of sp³-hybridized carbons (Fsp3) is 0.333. The molecule has 5 nitrogen and oxygen atoms in total. The topological polar surface area (TPSA) is 43.2 Å². The fourth-order valence-corrected chi connectivity index (χ4v) is 4.21. The number of thioether (sulfide) groups is 1. The molecule has 1 aliphatic heterocycles. The number of hydrogen-bond acceptors (Lipinski definition) is 5. The Kier molecular flexibility index (Phi) is 6.52. The number of para-hydroxylation sites is 1. The van der Waals surface area contributed by atoms with Gasteiger partial charge in [-0.15, -0.1) is 10.2 Å². The van der Waals surface area contributed by atoms with Gasteiger partial charge in [0.15, 0.2) is 11.0 Å². The van der Waals surface area contributed by atoms with Crippen molar-refractivity contribution in [1.29, 1.82) is 0 Å². The summed E-state index contributed by atoms with van der Waals surface area (Å²) in [5.74, 6) is 2.61. The first-order valence-corrected chi connectivity index (χ1v) is 10.9. The first kappa shape index (κ1) is 19.3. The number of ether oxygens (including phenoxy) is 1. The van der Waals surface area contributed by atoms with Crippen molar-refractivity contribution in [2.24, 2.45) is 0 Å². The summed E-state index contributed by atoms with van der Waals surface area (Å²) in [7, 11) is 0. The van der Waals surface area contributed by atoms with Crippen molar-refractivity contribution in [3.63, 3.8) is 0 Å². The molecule has 7 heteroatoms. The predicted molar refractivity (Wildman–Crippen MR) is 114 cm³/mol. The lowest BCUT2D eigenvalue weighted by Crippen LogP contribution is -2.21. The van der Waals surface area contributed by atoms with Gasteiger partial charge in [0, 0.05) is 16.5 Å². The Bertz CT molecular complexity index is 879. The summed E-state index contributed by atoms with van der Waals surface area (Å²) in [5, 5.41) is 10.6. The van der Waals surface area contributed by atoms with Gasteiger partial charge in [0.25, 0.3) is 0 Å². The van der Waals surface area contributed by atoms with E-state index >= 15 is 0 Å². The summed E-state index contributed by atoms with van der Waals surface area (Å²) in [6.07, 6.45) is 2.53. The van der Waals surface area contributed by atoms with Crippen LogP contribution in [0.5, 0.6) is 5.75 Å². The third kappa shape index (κ3) is 4.87. The summed E-state index contributed by atoms with van der Waals surface area (Å²) < 4.78 is 7.97. The number of benzene rings is 2. The minimum atomic E-state index is 0.593. The van der Waals surface area contributed by atoms with Crippen LogP contribution in [0, 0.1) is 0 Å². The Morgan fingerprint density at radius 3 is 2.46 bits per heavy atom. The highest BCUT2D eigenvalue weighted by molar-refractivity contribution is 7.99. The molecule has 0 saturated carbocycles. The van der Waals surface area contributed by atoms with E-state index in [4.69, 9.17) is 16.3 Å². The zero-order chi connectivity index (χ0) is 19.2. The number of nitrogens with zero attached hydrogens (tertiary/aromatic N) is 4. The van der Waals surface area contributed by atoms with Crippen LogP contribution in [0.2, 0.25) is 5.02 Å². The first-order valence-electron chi connectivity index (χ1n) is 9.53. The standard InChI is InChI=1S/C21H23ClN4OS/c22-17-8-10-19(11-9-17)27-14-15-28-21-24-23-20(16-25-12-4-5-13-25)26(21)18-6-2-1-3-7-18/h1-3,6-11H,4-5,12-16H2. The Labute approximate surface area is 174 Å². The largest absolute Gasteiger partial charge is 0.493 e. The van der Waals surface area contributed by atoms with Crippen molar-refractivity contribution < 1.29 is 4.74 Å². The molecule has 0 spiro atoms. The van der Waals surface area contributed by atoms with Gasteiger partial charge in [-0.2, -0.15) is 0 Å². The smallest absolute Gasteiger partial charge is 0.195 e. The summed E-state index contributed by atoms with van der Waals surface area (Å²) in [6, 6.07) is 17.8. The van der Waals surface area contributed by atoms with E-state index in [2.05, 4.69) is 31.8 Å². The number of hydrogen-bond donors (Lipinski definition) is 0. The van der Waals surface area contributed by atoms with Crippen LogP contribution in [0.4, 0.5) is 0 Å². The third-order valence-corrected chi connectivity index (χ3v) is 5.82. The molecule has 1 aromatic heterocycles. The molecule has 0 aliphatic carbocycles. The second-order valence-corrected chi connectivity index (χ2v) is 8.20. The minimum Gasteiger partial charge on any atom is -0.493 e. The molecule has 4 rings (SSSR count). The predicted octanol–water partition coefficient (Wildman–Crippen LogP) is 4.69. The maximum atomic E-state index is 5.91. The summed E-state index contributed by atoms with van der Waals surface area (Å²) >= 11 is 7.57. The molecule has 0 radical (unpaired) electrons. The lowest BCUT2D eigenvalue weighted by atomic mass is 10.3. The SMILES string of the molecule is Clc1ccc(OCCSc2nnc(CN3CCCC3)n2-c2ccccc2)cc1. The quantitative estimate of drug-likeness (QED) is 0.395. The molecule has 3 aromatic rings. The van der Waals surface area contributed by atoms with Crippen molar-refractivity contribution >= 4 is 23.4 Å². The van der Waals surface area contributed by atoms with Crippen molar-refractivity contribution in [2.75, 3.05) is 25.4 Å². The molecule has 1 fully saturated rings. The molecule has 0 atom stereocenters. The van der Waals surface area contributed by atoms with Gasteiger partial charge in [-0.1, -0.05) is 41.6 Å². The van der Waals surface area contributed by atoms with Gasteiger partial charge in [0.1, 0.15) is 5.75 Å². The van der Waals surface area contributed by atoms with Gasteiger partial charge in [0.05, 0.1) is 13.2 Å². The zero-order valence-electron chi connectivity index (χ0n) is 15.6. The van der Waals surface area contributed by atoms with Crippen LogP contribution in [-0.2, 0) is 6.54 Å². The van der Waals surface area contributed by atoms with Gasteiger partial charge >= 0.3 is 0 Å². The summed E-state index contributed by atoms with van der Waals surface area (Å²) in [5.41, 5.74) is 1.10. The molecular weight excluding hydrogens is 392 g/mol. The highest BCUT2D eigenvalue weighted by atomic mass is 35.5. The molecule has 1 aliphatic rings. The lowest BCUT2D eigenvalue weighted by Gasteiger charge is -2.16. The van der Waals surface area contributed by atoms with E-state index in [9.17, 15) is 0 Å². The van der Waals surface area contributed by atoms with Crippen LogP contribution in [0.15, 0.2) is 59.8 Å². The molecule has 146 valence electrons. The number of aromatic nitrogens is 3. The number of likely N-dealkylation sites (tertiary alicyclic amines) is 1. The summed E-state index contributed by atoms with van der Waals surface area (Å²) in [6.45, 7) is 3.71. The monoisotopic (exact) mass is 414 g/mol. The van der Waals surface area contributed by atoms with E-state index in [1.54, 1.807) is 11.8 Å². The molecule has 0 amide bonds. The fourth-order valence-electron chi connectivity index (χ4n) is 3.30. The Balaban J connectivity index is 1.43. The molecule has 2 aromatic carbocycles. The molecule has 0 N–H and O–H groups in total. The minimum absolute atomic E-state index is 0.593. The number of rotatable bonds is 8.